The van der Waals surface area contributed by atoms with Gasteiger partial charge in [0.05, 0.1) is 17.1 Å². The summed E-state index contributed by atoms with van der Waals surface area (Å²) in [6.45, 7) is 2.06. The van der Waals surface area contributed by atoms with Gasteiger partial charge in [0.2, 0.25) is 0 Å². The van der Waals surface area contributed by atoms with Gasteiger partial charge in [-0.05, 0) is 74.9 Å². The van der Waals surface area contributed by atoms with E-state index in [0.717, 1.165) is 42.6 Å². The van der Waals surface area contributed by atoms with Crippen LogP contribution in [0.4, 0.5) is 5.82 Å². The van der Waals surface area contributed by atoms with Crippen molar-refractivity contribution in [1.29, 1.82) is 0 Å². The number of hydrogen-bond acceptors (Lipinski definition) is 8. The molecule has 0 unspecified atom stereocenters. The van der Waals surface area contributed by atoms with Crippen LogP contribution in [0.15, 0.2) is 96.2 Å². The second kappa shape index (κ2) is 12.0. The average Bonchev–Trinajstić information content (AvgIpc) is 3.42. The lowest BCUT2D eigenvalue weighted by Gasteiger charge is -2.27. The zero-order valence-corrected chi connectivity index (χ0v) is 24.5. The van der Waals surface area contributed by atoms with Gasteiger partial charge in [-0.15, -0.1) is 0 Å². The third-order valence-corrected chi connectivity index (χ3v) is 9.21. The summed E-state index contributed by atoms with van der Waals surface area (Å²) in [7, 11) is -3.80. The van der Waals surface area contributed by atoms with E-state index in [0.29, 0.717) is 28.3 Å². The summed E-state index contributed by atoms with van der Waals surface area (Å²) in [6, 6.07) is 22.7. The topological polar surface area (TPSA) is 126 Å². The number of rotatable bonds is 8. The molecule has 220 valence electrons. The van der Waals surface area contributed by atoms with Gasteiger partial charge in [-0.1, -0.05) is 48.0 Å². The standard InChI is InChI=1S/C33H32N4O5S/c1-22-10-16-28(17-11-22)43(39,40)41-21-23-12-14-24(15-13-23)32-36-29(30-31(34)35-18-19-37(30)32)26-8-5-9-27(20-26)42-33(38)25-6-3-2-4-7-25/h2-11,16-20,23-24H,12-15,21H2,1H3,(H2,34,35). The number of aryl methyl sites for hydroxylation is 1. The first kappa shape index (κ1) is 28.6. The first-order chi connectivity index (χ1) is 20.8. The number of esters is 1. The van der Waals surface area contributed by atoms with Gasteiger partial charge in [0.1, 0.15) is 28.6 Å². The Hall–Kier alpha value is -4.54. The highest BCUT2D eigenvalue weighted by Gasteiger charge is 2.29. The minimum Gasteiger partial charge on any atom is -0.423 e. The van der Waals surface area contributed by atoms with E-state index in [9.17, 15) is 13.2 Å². The highest BCUT2D eigenvalue weighted by Crippen LogP contribution is 2.39. The van der Waals surface area contributed by atoms with Crippen LogP contribution in [0.3, 0.4) is 0 Å². The molecule has 2 N–H and O–H groups in total. The van der Waals surface area contributed by atoms with Crippen molar-refractivity contribution in [1.82, 2.24) is 14.4 Å². The number of carbonyl (C=O) groups excluding carboxylic acids is 1. The second-order valence-electron chi connectivity index (χ2n) is 10.9. The summed E-state index contributed by atoms with van der Waals surface area (Å²) in [6.07, 6.45) is 6.79. The zero-order chi connectivity index (χ0) is 30.0. The molecular formula is C33H32N4O5S. The molecule has 6 rings (SSSR count). The molecule has 0 amide bonds. The fraction of sp³-hybridized carbons (Fsp3) is 0.242. The number of imidazole rings is 1. The lowest BCUT2D eigenvalue weighted by Crippen LogP contribution is -2.21. The van der Waals surface area contributed by atoms with E-state index in [1.807, 2.05) is 35.7 Å². The third-order valence-electron chi connectivity index (χ3n) is 7.92. The zero-order valence-electron chi connectivity index (χ0n) is 23.7. The van der Waals surface area contributed by atoms with Crippen LogP contribution in [0.2, 0.25) is 0 Å². The SMILES string of the molecule is Cc1ccc(S(=O)(=O)OCC2CCC(c3nc(-c4cccc(OC(=O)c5ccccc5)c4)c4c(N)nccn34)CC2)cc1. The molecule has 1 saturated carbocycles. The van der Waals surface area contributed by atoms with Gasteiger partial charge in [-0.3, -0.25) is 8.58 Å². The van der Waals surface area contributed by atoms with Crippen molar-refractivity contribution in [3.8, 4) is 17.0 Å². The van der Waals surface area contributed by atoms with Crippen molar-refractivity contribution in [2.45, 2.75) is 43.4 Å². The van der Waals surface area contributed by atoms with Crippen LogP contribution < -0.4 is 10.5 Å². The Kier molecular flexibility index (Phi) is 7.96. The molecule has 43 heavy (non-hydrogen) atoms. The number of hydrogen-bond donors (Lipinski definition) is 1. The van der Waals surface area contributed by atoms with Crippen molar-refractivity contribution >= 4 is 27.4 Å². The van der Waals surface area contributed by atoms with Crippen LogP contribution in [0.5, 0.6) is 5.75 Å². The van der Waals surface area contributed by atoms with E-state index in [1.165, 1.54) is 0 Å². The molecular weight excluding hydrogens is 564 g/mol. The maximum Gasteiger partial charge on any atom is 0.343 e. The monoisotopic (exact) mass is 596 g/mol. The molecule has 5 aromatic rings. The number of anilines is 1. The number of nitrogens with two attached hydrogens (primary N) is 1. The fourth-order valence-electron chi connectivity index (χ4n) is 5.57. The number of aromatic nitrogens is 3. The number of nitrogen functional groups attached to an aromatic ring is 1. The van der Waals surface area contributed by atoms with Gasteiger partial charge in [-0.25, -0.2) is 14.8 Å². The van der Waals surface area contributed by atoms with Crippen molar-refractivity contribution in [3.63, 3.8) is 0 Å². The Balaban J connectivity index is 1.19. The van der Waals surface area contributed by atoms with Crippen molar-refractivity contribution in [2.24, 2.45) is 5.92 Å². The summed E-state index contributed by atoms with van der Waals surface area (Å²) in [5.74, 6) is 1.46. The first-order valence-corrected chi connectivity index (χ1v) is 15.7. The van der Waals surface area contributed by atoms with Crippen LogP contribution >= 0.6 is 0 Å². The first-order valence-electron chi connectivity index (χ1n) is 14.2. The Morgan fingerprint density at radius 1 is 0.977 bits per heavy atom. The van der Waals surface area contributed by atoms with Gasteiger partial charge in [-0.2, -0.15) is 8.42 Å². The molecule has 0 atom stereocenters. The molecule has 0 spiro atoms. The van der Waals surface area contributed by atoms with E-state index >= 15 is 0 Å². The Morgan fingerprint density at radius 2 is 1.72 bits per heavy atom. The average molecular weight is 597 g/mol. The Bertz CT molecular complexity index is 1860. The lowest BCUT2D eigenvalue weighted by molar-refractivity contribution is 0.0735. The molecule has 2 aromatic heterocycles. The maximum atomic E-state index is 12.7. The highest BCUT2D eigenvalue weighted by atomic mass is 32.2. The Labute approximate surface area is 250 Å². The van der Waals surface area contributed by atoms with Crippen LogP contribution in [-0.2, 0) is 14.3 Å². The van der Waals surface area contributed by atoms with E-state index < -0.39 is 16.1 Å². The summed E-state index contributed by atoms with van der Waals surface area (Å²) in [5, 5.41) is 0. The van der Waals surface area contributed by atoms with Gasteiger partial charge in [0.25, 0.3) is 10.1 Å². The van der Waals surface area contributed by atoms with E-state index in [2.05, 4.69) is 4.98 Å². The number of nitrogens with zero attached hydrogens (tertiary/aromatic N) is 3. The number of ether oxygens (including phenoxy) is 1. The van der Waals surface area contributed by atoms with Crippen molar-refractivity contribution in [3.05, 3.63) is 108 Å². The van der Waals surface area contributed by atoms with Crippen LogP contribution in [-0.4, -0.2) is 35.4 Å². The highest BCUT2D eigenvalue weighted by molar-refractivity contribution is 7.86. The van der Waals surface area contributed by atoms with E-state index in [-0.39, 0.29) is 23.3 Å². The Morgan fingerprint density at radius 3 is 2.47 bits per heavy atom. The van der Waals surface area contributed by atoms with Crippen LogP contribution in [0.25, 0.3) is 16.8 Å². The summed E-state index contributed by atoms with van der Waals surface area (Å²) < 4.78 is 38.4. The number of carbonyl (C=O) groups is 1. The quantitative estimate of drug-likeness (QED) is 0.128. The van der Waals surface area contributed by atoms with Crippen molar-refractivity contribution < 1.29 is 22.1 Å². The smallest absolute Gasteiger partial charge is 0.343 e. The predicted octanol–water partition coefficient (Wildman–Crippen LogP) is 6.19. The number of fused-ring (bicyclic) bond motifs is 1. The molecule has 1 aliphatic rings. The largest absolute Gasteiger partial charge is 0.423 e. The number of benzene rings is 3. The molecule has 9 nitrogen and oxygen atoms in total. The summed E-state index contributed by atoms with van der Waals surface area (Å²) in [5.41, 5.74) is 9.92. The van der Waals surface area contributed by atoms with Gasteiger partial charge in [0, 0.05) is 23.9 Å². The maximum absolute atomic E-state index is 12.7. The minimum atomic E-state index is -3.80. The summed E-state index contributed by atoms with van der Waals surface area (Å²) >= 11 is 0. The molecule has 3 aromatic carbocycles. The normalized spacial score (nSPS) is 17.1. The minimum absolute atomic E-state index is 0.130. The van der Waals surface area contributed by atoms with E-state index in [4.69, 9.17) is 19.6 Å². The molecule has 10 heteroatoms. The van der Waals surface area contributed by atoms with Crippen LogP contribution in [0.1, 0.15) is 53.3 Å². The molecule has 0 saturated heterocycles. The van der Waals surface area contributed by atoms with Crippen molar-refractivity contribution in [2.75, 3.05) is 12.3 Å². The lowest BCUT2D eigenvalue weighted by atomic mass is 9.82. The molecule has 0 bridgehead atoms. The summed E-state index contributed by atoms with van der Waals surface area (Å²) in [4.78, 5) is 22.2. The molecule has 2 heterocycles. The van der Waals surface area contributed by atoms with Crippen LogP contribution in [0, 0.1) is 12.8 Å². The second-order valence-corrected chi connectivity index (χ2v) is 12.5. The van der Waals surface area contributed by atoms with Gasteiger partial charge >= 0.3 is 5.97 Å². The van der Waals surface area contributed by atoms with Gasteiger partial charge < -0.3 is 10.5 Å². The van der Waals surface area contributed by atoms with Gasteiger partial charge in [0.15, 0.2) is 0 Å². The fourth-order valence-corrected chi connectivity index (χ4v) is 6.55. The molecule has 1 fully saturated rings. The van der Waals surface area contributed by atoms with E-state index in [1.54, 1.807) is 66.9 Å². The predicted molar refractivity (Wildman–Crippen MR) is 163 cm³/mol. The molecule has 0 aliphatic heterocycles. The molecule has 0 radical (unpaired) electrons. The molecule has 1 aliphatic carbocycles. The third kappa shape index (κ3) is 6.16.